The Labute approximate surface area is 123 Å². The van der Waals surface area contributed by atoms with Crippen LogP contribution in [-0.4, -0.2) is 36.8 Å². The summed E-state index contributed by atoms with van der Waals surface area (Å²) in [5.74, 6) is -0.343. The Morgan fingerprint density at radius 2 is 1.95 bits per heavy atom. The zero-order valence-electron chi connectivity index (χ0n) is 12.9. The summed E-state index contributed by atoms with van der Waals surface area (Å²) in [6.45, 7) is 5.79. The van der Waals surface area contributed by atoms with Crippen LogP contribution in [0.25, 0.3) is 0 Å². The molecule has 1 amide bonds. The van der Waals surface area contributed by atoms with Crippen LogP contribution in [0.15, 0.2) is 12.3 Å². The second-order valence-corrected chi connectivity index (χ2v) is 5.37. The minimum atomic E-state index is -0.916. The van der Waals surface area contributed by atoms with Crippen molar-refractivity contribution in [2.24, 2.45) is 0 Å². The lowest BCUT2D eigenvalue weighted by Gasteiger charge is -2.21. The number of rotatable bonds is 4. The van der Waals surface area contributed by atoms with E-state index in [0.29, 0.717) is 5.69 Å². The van der Waals surface area contributed by atoms with E-state index in [-0.39, 0.29) is 23.8 Å². The summed E-state index contributed by atoms with van der Waals surface area (Å²) in [7, 11) is 2.71. The van der Waals surface area contributed by atoms with E-state index in [2.05, 4.69) is 15.0 Å². The van der Waals surface area contributed by atoms with Gasteiger partial charge in [0.1, 0.15) is 0 Å². The summed E-state index contributed by atoms with van der Waals surface area (Å²) in [5.41, 5.74) is 0.316. The van der Waals surface area contributed by atoms with E-state index in [1.807, 2.05) is 20.8 Å². The van der Waals surface area contributed by atoms with Gasteiger partial charge in [-0.1, -0.05) is 0 Å². The molecule has 7 heteroatoms. The van der Waals surface area contributed by atoms with E-state index >= 15 is 0 Å². The summed E-state index contributed by atoms with van der Waals surface area (Å²) >= 11 is 0. The average Bonchev–Trinajstić information content (AvgIpc) is 2.38. The maximum Gasteiger partial charge on any atom is 0.513 e. The number of amides is 1. The molecule has 1 heterocycles. The third-order valence-corrected chi connectivity index (χ3v) is 2.31. The minimum Gasteiger partial charge on any atom is -0.437 e. The summed E-state index contributed by atoms with van der Waals surface area (Å²) in [6, 6.07) is 1.52. The van der Waals surface area contributed by atoms with Gasteiger partial charge in [-0.15, -0.1) is 0 Å². The van der Waals surface area contributed by atoms with Crippen molar-refractivity contribution in [3.63, 3.8) is 0 Å². The van der Waals surface area contributed by atoms with E-state index < -0.39 is 11.7 Å². The smallest absolute Gasteiger partial charge is 0.437 e. The maximum atomic E-state index is 12.3. The lowest BCUT2D eigenvalue weighted by molar-refractivity contribution is 0.0912. The highest BCUT2D eigenvalue weighted by Gasteiger charge is 2.21. The second kappa shape index (κ2) is 7.03. The molecule has 0 spiro atoms. The number of ether oxygens (including phenoxy) is 3. The van der Waals surface area contributed by atoms with Gasteiger partial charge in [-0.3, -0.25) is 9.78 Å². The highest BCUT2D eigenvalue weighted by atomic mass is 16.7. The Bertz CT molecular complexity index is 523. The molecule has 116 valence electrons. The molecule has 0 saturated heterocycles. The molecule has 7 nitrogen and oxygen atoms in total. The number of hydrogen-bond acceptors (Lipinski definition) is 6. The molecule has 0 saturated carbocycles. The van der Waals surface area contributed by atoms with Gasteiger partial charge in [0.2, 0.25) is 0 Å². The van der Waals surface area contributed by atoms with Crippen LogP contribution in [0.4, 0.5) is 4.79 Å². The van der Waals surface area contributed by atoms with Gasteiger partial charge in [0.25, 0.3) is 5.91 Å². The van der Waals surface area contributed by atoms with Crippen molar-refractivity contribution in [2.75, 3.05) is 14.2 Å². The number of hydrogen-bond donors (Lipinski definition) is 1. The van der Waals surface area contributed by atoms with Gasteiger partial charge in [0, 0.05) is 12.6 Å². The van der Waals surface area contributed by atoms with Gasteiger partial charge in [-0.2, -0.15) is 0 Å². The Kier molecular flexibility index (Phi) is 5.66. The number of nitrogens with one attached hydrogen (secondary N) is 1. The van der Waals surface area contributed by atoms with Crippen LogP contribution < -0.4 is 10.1 Å². The number of methoxy groups -OCH3 is 2. The zero-order valence-corrected chi connectivity index (χ0v) is 12.9. The van der Waals surface area contributed by atoms with Gasteiger partial charge < -0.3 is 19.5 Å². The third-order valence-electron chi connectivity index (χ3n) is 2.31. The van der Waals surface area contributed by atoms with Crippen LogP contribution >= 0.6 is 0 Å². The zero-order chi connectivity index (χ0) is 16.0. The second-order valence-electron chi connectivity index (χ2n) is 5.37. The Morgan fingerprint density at radius 3 is 2.48 bits per heavy atom. The normalized spacial score (nSPS) is 10.9. The Morgan fingerprint density at radius 1 is 1.29 bits per heavy atom. The first kappa shape index (κ1) is 16.9. The fourth-order valence-corrected chi connectivity index (χ4v) is 1.51. The van der Waals surface area contributed by atoms with Gasteiger partial charge >= 0.3 is 6.16 Å². The standard InChI is InChI=1S/C14H20N2O5/c1-14(2,3)16-12(17)10-6-9(8-19-4)15-7-11(10)21-13(18)20-5/h6-7H,8H2,1-5H3,(H,16,17). The maximum absolute atomic E-state index is 12.3. The molecule has 0 aliphatic heterocycles. The van der Waals surface area contributed by atoms with E-state index in [9.17, 15) is 9.59 Å². The molecular formula is C14H20N2O5. The van der Waals surface area contributed by atoms with E-state index in [1.54, 1.807) is 0 Å². The van der Waals surface area contributed by atoms with Crippen LogP contribution in [0.1, 0.15) is 36.8 Å². The molecule has 0 aliphatic carbocycles. The molecule has 0 atom stereocenters. The number of carbonyl (C=O) groups is 2. The Balaban J connectivity index is 3.12. The lowest BCUT2D eigenvalue weighted by atomic mass is 10.1. The quantitative estimate of drug-likeness (QED) is 0.854. The topological polar surface area (TPSA) is 86.8 Å². The van der Waals surface area contributed by atoms with Crippen LogP contribution in [0.5, 0.6) is 5.75 Å². The largest absolute Gasteiger partial charge is 0.513 e. The molecule has 0 aromatic carbocycles. The molecule has 1 aromatic heterocycles. The van der Waals surface area contributed by atoms with Crippen molar-refractivity contribution in [1.82, 2.24) is 10.3 Å². The molecule has 0 fully saturated rings. The van der Waals surface area contributed by atoms with E-state index in [0.717, 1.165) is 0 Å². The number of aromatic nitrogens is 1. The first-order valence-electron chi connectivity index (χ1n) is 6.33. The van der Waals surface area contributed by atoms with Crippen LogP contribution in [0, 0.1) is 0 Å². The SMILES string of the molecule is COCc1cc(C(=O)NC(C)(C)C)c(OC(=O)OC)cn1. The van der Waals surface area contributed by atoms with Crippen LogP contribution in [0.2, 0.25) is 0 Å². The first-order valence-corrected chi connectivity index (χ1v) is 6.33. The van der Waals surface area contributed by atoms with E-state index in [4.69, 9.17) is 9.47 Å². The molecule has 1 aromatic rings. The molecule has 21 heavy (non-hydrogen) atoms. The molecule has 1 rings (SSSR count). The number of carbonyl (C=O) groups excluding carboxylic acids is 2. The molecular weight excluding hydrogens is 276 g/mol. The van der Waals surface area contributed by atoms with Crippen molar-refractivity contribution in [2.45, 2.75) is 32.9 Å². The van der Waals surface area contributed by atoms with Crippen LogP contribution in [0.3, 0.4) is 0 Å². The molecule has 1 N–H and O–H groups in total. The van der Waals surface area contributed by atoms with Gasteiger partial charge in [-0.25, -0.2) is 4.79 Å². The number of pyridine rings is 1. The molecule has 0 bridgehead atoms. The highest BCUT2D eigenvalue weighted by molar-refractivity contribution is 5.97. The molecule has 0 aliphatic rings. The summed E-state index contributed by atoms with van der Waals surface area (Å²) in [6.07, 6.45) is 0.379. The summed E-state index contributed by atoms with van der Waals surface area (Å²) in [5, 5.41) is 2.80. The van der Waals surface area contributed by atoms with Crippen molar-refractivity contribution >= 4 is 12.1 Å². The predicted octanol–water partition coefficient (Wildman–Crippen LogP) is 1.90. The summed E-state index contributed by atoms with van der Waals surface area (Å²) < 4.78 is 14.3. The van der Waals surface area contributed by atoms with Crippen molar-refractivity contribution in [3.05, 3.63) is 23.5 Å². The third kappa shape index (κ3) is 5.39. The van der Waals surface area contributed by atoms with Gasteiger partial charge in [0.15, 0.2) is 5.75 Å². The fourth-order valence-electron chi connectivity index (χ4n) is 1.51. The van der Waals surface area contributed by atoms with Crippen molar-refractivity contribution in [1.29, 1.82) is 0 Å². The van der Waals surface area contributed by atoms with Gasteiger partial charge in [0.05, 0.1) is 31.2 Å². The highest BCUT2D eigenvalue weighted by Crippen LogP contribution is 2.20. The Hall–Kier alpha value is -2.15. The monoisotopic (exact) mass is 296 g/mol. The number of nitrogens with zero attached hydrogens (tertiary/aromatic N) is 1. The minimum absolute atomic E-state index is 0.0310. The molecule has 0 unspecified atom stereocenters. The lowest BCUT2D eigenvalue weighted by Crippen LogP contribution is -2.40. The predicted molar refractivity (Wildman–Crippen MR) is 75.2 cm³/mol. The fraction of sp³-hybridized carbons (Fsp3) is 0.500. The molecule has 0 radical (unpaired) electrons. The van der Waals surface area contributed by atoms with Gasteiger partial charge in [-0.05, 0) is 26.8 Å². The summed E-state index contributed by atoms with van der Waals surface area (Å²) in [4.78, 5) is 27.6. The van der Waals surface area contributed by atoms with Crippen molar-refractivity contribution in [3.8, 4) is 5.75 Å². The average molecular weight is 296 g/mol. The van der Waals surface area contributed by atoms with Crippen LogP contribution in [-0.2, 0) is 16.1 Å². The van der Waals surface area contributed by atoms with E-state index in [1.165, 1.54) is 26.5 Å². The van der Waals surface area contributed by atoms with Crippen molar-refractivity contribution < 1.29 is 23.8 Å². The first-order chi connectivity index (χ1) is 9.76.